The fraction of sp³-hybridized carbons (Fsp3) is 0. The second-order valence-electron chi connectivity index (χ2n) is 27.4. The van der Waals surface area contributed by atoms with E-state index in [1.165, 1.54) is 136 Å². The van der Waals surface area contributed by atoms with Crippen molar-refractivity contribution in [3.63, 3.8) is 0 Å². The minimum atomic E-state index is 1.06. The van der Waals surface area contributed by atoms with E-state index in [-0.39, 0.29) is 0 Å². The lowest BCUT2D eigenvalue weighted by Crippen LogP contribution is -2.10. The van der Waals surface area contributed by atoms with Crippen LogP contribution in [0.4, 0.5) is 34.1 Å². The second kappa shape index (κ2) is 25.2. The third-order valence-corrected chi connectivity index (χ3v) is 21.5. The Morgan fingerprint density at radius 2 is 0.433 bits per heavy atom. The molecular weight excluding hydrogens is 1250 g/mol. The molecule has 0 atom stereocenters. The fourth-order valence-corrected chi connectivity index (χ4v) is 16.6. The lowest BCUT2D eigenvalue weighted by atomic mass is 9.80. The normalized spacial score (nSPS) is 11.7. The molecule has 20 aromatic carbocycles. The maximum absolute atomic E-state index is 2.53. The summed E-state index contributed by atoms with van der Waals surface area (Å²) < 4.78 is 0. The van der Waals surface area contributed by atoms with Crippen LogP contribution < -0.4 is 9.80 Å². The van der Waals surface area contributed by atoms with E-state index in [4.69, 9.17) is 0 Å². The quantitative estimate of drug-likeness (QED) is 0.0888. The third-order valence-electron chi connectivity index (χ3n) is 21.5. The van der Waals surface area contributed by atoms with E-state index in [0.717, 1.165) is 61.9 Å². The van der Waals surface area contributed by atoms with Crippen LogP contribution in [0.25, 0.3) is 164 Å². The monoisotopic (exact) mass is 1320 g/mol. The number of fused-ring (bicyclic) bond motifs is 12. The first-order valence-corrected chi connectivity index (χ1v) is 35.9. The van der Waals surface area contributed by atoms with Crippen molar-refractivity contribution in [1.82, 2.24) is 0 Å². The molecule has 0 aliphatic rings. The van der Waals surface area contributed by atoms with Crippen LogP contribution >= 0.6 is 0 Å². The molecular formula is C102H66N2. The number of hydrogen-bond acceptors (Lipinski definition) is 2. The second-order valence-corrected chi connectivity index (χ2v) is 27.4. The zero-order valence-corrected chi connectivity index (χ0v) is 57.0. The van der Waals surface area contributed by atoms with Crippen LogP contribution in [0.1, 0.15) is 0 Å². The summed E-state index contributed by atoms with van der Waals surface area (Å²) in [4.78, 5) is 4.83. The first-order valence-electron chi connectivity index (χ1n) is 35.9. The molecule has 0 saturated heterocycles. The van der Waals surface area contributed by atoms with Crippen LogP contribution in [-0.2, 0) is 0 Å². The molecule has 0 amide bonds. The van der Waals surface area contributed by atoms with Gasteiger partial charge >= 0.3 is 0 Å². The number of anilines is 6. The summed E-state index contributed by atoms with van der Waals surface area (Å²) >= 11 is 0. The van der Waals surface area contributed by atoms with E-state index in [1.807, 2.05) is 0 Å². The Morgan fingerprint density at radius 1 is 0.135 bits per heavy atom. The third kappa shape index (κ3) is 10.4. The summed E-state index contributed by atoms with van der Waals surface area (Å²) in [6.45, 7) is 0. The Hall–Kier alpha value is -13.7. The molecule has 2 nitrogen and oxygen atoms in total. The van der Waals surface area contributed by atoms with Crippen LogP contribution in [-0.4, -0.2) is 0 Å². The highest BCUT2D eigenvalue weighted by molar-refractivity contribution is 6.34. The van der Waals surface area contributed by atoms with E-state index in [1.54, 1.807) is 0 Å². The molecule has 20 aromatic rings. The molecule has 0 radical (unpaired) electrons. The van der Waals surface area contributed by atoms with E-state index in [0.29, 0.717) is 0 Å². The first kappa shape index (κ1) is 60.3. The standard InChI is InChI=1S/C102H66N2/c1-4-22-67(23-5-1)80-48-58-92-96(64-80)97-65-81(99-90-38-20-18-36-88(90)98(74-30-8-3-9-31-74)89-37-19-21-39-91(89)99)49-59-93(97)102-100(75-46-52-83(53-47-75)104(86-56-42-70-26-12-16-34-78(70)62-86)87-57-43-71-27-13-17-35-79(71)63-87)94(72-28-6-2-7-29-72)66-95(101(92)102)73-44-50-82(51-45-73)103(84-54-40-68-24-10-14-32-76(68)60-84)85-55-41-69-25-11-15-33-77(69)61-85/h1-66H. The average Bonchev–Trinajstić information content (AvgIpc) is 0.703. The van der Waals surface area contributed by atoms with Gasteiger partial charge in [0.25, 0.3) is 0 Å². The molecule has 0 aromatic heterocycles. The van der Waals surface area contributed by atoms with Gasteiger partial charge in [0.2, 0.25) is 0 Å². The molecule has 0 saturated carbocycles. The minimum Gasteiger partial charge on any atom is -0.310 e. The van der Waals surface area contributed by atoms with Gasteiger partial charge in [-0.25, -0.2) is 0 Å². The van der Waals surface area contributed by atoms with E-state index < -0.39 is 0 Å². The van der Waals surface area contributed by atoms with Gasteiger partial charge in [-0.15, -0.1) is 0 Å². The summed E-state index contributed by atoms with van der Waals surface area (Å²) in [5.74, 6) is 0. The molecule has 0 fully saturated rings. The summed E-state index contributed by atoms with van der Waals surface area (Å²) in [5, 5.41) is 21.6. The number of hydrogen-bond donors (Lipinski definition) is 0. The van der Waals surface area contributed by atoms with Crippen LogP contribution in [0.15, 0.2) is 400 Å². The van der Waals surface area contributed by atoms with Gasteiger partial charge in [0.1, 0.15) is 0 Å². The maximum atomic E-state index is 2.53. The molecule has 0 N–H and O–H groups in total. The van der Waals surface area contributed by atoms with Crippen molar-refractivity contribution < 1.29 is 0 Å². The summed E-state index contributed by atoms with van der Waals surface area (Å²) in [6.07, 6.45) is 0. The zero-order valence-electron chi connectivity index (χ0n) is 57.0. The zero-order chi connectivity index (χ0) is 68.6. The van der Waals surface area contributed by atoms with Gasteiger partial charge in [-0.1, -0.05) is 309 Å². The number of rotatable bonds is 12. The van der Waals surface area contributed by atoms with Gasteiger partial charge in [-0.3, -0.25) is 0 Å². The SMILES string of the molecule is c1ccc(-c2ccc3c(c2)c2cc(-c4c5ccccc5c(-c5ccccc5)c5ccccc45)ccc2c2c(-c4ccc(N(c5ccc6ccccc6c5)c5ccc6ccccc6c5)cc4)c(-c4ccccc4)cc(-c4ccc(N(c5ccc6ccccc6c5)c5ccc6ccccc6c5)cc4)c32)cc1. The van der Waals surface area contributed by atoms with Crippen molar-refractivity contribution in [2.45, 2.75) is 0 Å². The van der Waals surface area contributed by atoms with Crippen LogP contribution in [0, 0.1) is 0 Å². The van der Waals surface area contributed by atoms with Crippen molar-refractivity contribution in [3.05, 3.63) is 400 Å². The highest BCUT2D eigenvalue weighted by Gasteiger charge is 2.26. The lowest BCUT2D eigenvalue weighted by molar-refractivity contribution is 1.29. The van der Waals surface area contributed by atoms with Crippen LogP contribution in [0.3, 0.4) is 0 Å². The highest BCUT2D eigenvalue weighted by Crippen LogP contribution is 2.53. The molecule has 104 heavy (non-hydrogen) atoms. The molecule has 2 heteroatoms. The highest BCUT2D eigenvalue weighted by atomic mass is 15.1. The summed E-state index contributed by atoms with van der Waals surface area (Å²) in [7, 11) is 0. The van der Waals surface area contributed by atoms with Crippen molar-refractivity contribution in [2.75, 3.05) is 9.80 Å². The van der Waals surface area contributed by atoms with E-state index in [2.05, 4.69) is 410 Å². The molecule has 20 rings (SSSR count). The van der Waals surface area contributed by atoms with E-state index >= 15 is 0 Å². The van der Waals surface area contributed by atoms with Gasteiger partial charge in [-0.2, -0.15) is 0 Å². The lowest BCUT2D eigenvalue weighted by Gasteiger charge is -2.27. The summed E-state index contributed by atoms with van der Waals surface area (Å²) in [6, 6.07) is 149. The minimum absolute atomic E-state index is 1.06. The average molecular weight is 1320 g/mol. The van der Waals surface area contributed by atoms with Crippen LogP contribution in [0.2, 0.25) is 0 Å². The van der Waals surface area contributed by atoms with Crippen molar-refractivity contribution in [2.24, 2.45) is 0 Å². The molecule has 0 aliphatic carbocycles. The molecule has 484 valence electrons. The largest absolute Gasteiger partial charge is 0.310 e. The molecule has 0 unspecified atom stereocenters. The van der Waals surface area contributed by atoms with Gasteiger partial charge in [0.15, 0.2) is 0 Å². The van der Waals surface area contributed by atoms with Crippen molar-refractivity contribution >= 4 is 131 Å². The number of benzene rings is 20. The molecule has 0 aliphatic heterocycles. The predicted octanol–water partition coefficient (Wildman–Crippen LogP) is 29.0. The Labute approximate surface area is 604 Å². The Morgan fingerprint density at radius 3 is 0.865 bits per heavy atom. The Balaban J connectivity index is 0.869. The molecule has 0 heterocycles. The maximum Gasteiger partial charge on any atom is 0.0468 e. The van der Waals surface area contributed by atoms with Gasteiger partial charge in [0, 0.05) is 34.1 Å². The molecule has 0 bridgehead atoms. The Kier molecular flexibility index (Phi) is 14.6. The summed E-state index contributed by atoms with van der Waals surface area (Å²) in [5.41, 5.74) is 20.6. The predicted molar refractivity (Wildman–Crippen MR) is 446 cm³/mol. The first-order chi connectivity index (χ1) is 51.6. The van der Waals surface area contributed by atoms with E-state index in [9.17, 15) is 0 Å². The van der Waals surface area contributed by atoms with Gasteiger partial charge in [0.05, 0.1) is 0 Å². The van der Waals surface area contributed by atoms with Crippen LogP contribution in [0.5, 0.6) is 0 Å². The fourth-order valence-electron chi connectivity index (χ4n) is 16.6. The smallest absolute Gasteiger partial charge is 0.0468 e. The van der Waals surface area contributed by atoms with Crippen molar-refractivity contribution in [1.29, 1.82) is 0 Å². The van der Waals surface area contributed by atoms with Crippen molar-refractivity contribution in [3.8, 4) is 66.8 Å². The topological polar surface area (TPSA) is 6.48 Å². The number of nitrogens with zero attached hydrogens (tertiary/aromatic N) is 2. The molecule has 0 spiro atoms. The van der Waals surface area contributed by atoms with Gasteiger partial charge < -0.3 is 9.80 Å². The Bertz CT molecular complexity index is 6550. The van der Waals surface area contributed by atoms with Gasteiger partial charge in [-0.05, 0) is 255 Å².